The number of nitrogens with two attached hydrogens (primary N) is 1. The third-order valence-corrected chi connectivity index (χ3v) is 8.94. The Labute approximate surface area is 221 Å². The van der Waals surface area contributed by atoms with Crippen LogP contribution in [0.15, 0.2) is 58.2 Å². The van der Waals surface area contributed by atoms with Gasteiger partial charge in [0.1, 0.15) is 5.84 Å². The van der Waals surface area contributed by atoms with E-state index in [1.54, 1.807) is 12.2 Å². The van der Waals surface area contributed by atoms with Crippen molar-refractivity contribution in [2.45, 2.75) is 82.7 Å². The zero-order valence-electron chi connectivity index (χ0n) is 22.3. The van der Waals surface area contributed by atoms with Crippen LogP contribution in [0.3, 0.4) is 0 Å². The summed E-state index contributed by atoms with van der Waals surface area (Å²) in [5.41, 5.74) is 10.6. The molecule has 2 heterocycles. The Balaban J connectivity index is 1.63. The number of hydrogen-bond donors (Lipinski definition) is 1. The second-order valence-electron chi connectivity index (χ2n) is 10.9. The molecule has 194 valence electrons. The van der Waals surface area contributed by atoms with E-state index in [4.69, 9.17) is 17.3 Å². The van der Waals surface area contributed by atoms with Gasteiger partial charge < -0.3 is 10.6 Å². The highest BCUT2D eigenvalue weighted by Crippen LogP contribution is 2.47. The zero-order valence-corrected chi connectivity index (χ0v) is 23.0. The summed E-state index contributed by atoms with van der Waals surface area (Å²) in [5, 5.41) is 0.407. The highest BCUT2D eigenvalue weighted by molar-refractivity contribution is 6.34. The molecule has 5 nitrogen and oxygen atoms in total. The van der Waals surface area contributed by atoms with E-state index in [0.717, 1.165) is 43.7 Å². The molecule has 2 fully saturated rings. The summed E-state index contributed by atoms with van der Waals surface area (Å²) in [6.45, 7) is 12.6. The Morgan fingerprint density at radius 3 is 2.39 bits per heavy atom. The van der Waals surface area contributed by atoms with Crippen LogP contribution in [0.5, 0.6) is 0 Å². The second kappa shape index (κ2) is 11.0. The first-order valence-electron chi connectivity index (χ1n) is 13.3. The maximum Gasteiger partial charge on any atom is 0.153 e. The number of hydrogen-bond acceptors (Lipinski definition) is 4. The molecule has 0 atom stereocenters. The largest absolute Gasteiger partial charge is 0.328 e. The molecule has 6 heteroatoms. The maximum absolute atomic E-state index is 12.0. The average Bonchev–Trinajstić information content (AvgIpc) is 3.12. The lowest BCUT2D eigenvalue weighted by molar-refractivity contribution is -0.104. The van der Waals surface area contributed by atoms with Crippen molar-refractivity contribution >= 4 is 29.4 Å². The fraction of sp³-hybridized carbons (Fsp3) is 0.533. The van der Waals surface area contributed by atoms with Crippen molar-refractivity contribution in [1.82, 2.24) is 4.90 Å². The summed E-state index contributed by atoms with van der Waals surface area (Å²) >= 11 is 6.42. The lowest BCUT2D eigenvalue weighted by atomic mass is 9.81. The summed E-state index contributed by atoms with van der Waals surface area (Å²) in [6, 6.07) is 7.94. The molecule has 0 amide bonds. The van der Waals surface area contributed by atoms with Gasteiger partial charge in [-0.05, 0) is 102 Å². The Hall–Kier alpha value is -2.21. The van der Waals surface area contributed by atoms with E-state index < -0.39 is 0 Å². The molecular formula is C30H41ClN4O. The van der Waals surface area contributed by atoms with E-state index >= 15 is 0 Å². The van der Waals surface area contributed by atoms with Crippen molar-refractivity contribution in [2.24, 2.45) is 10.7 Å². The van der Waals surface area contributed by atoms with Crippen LogP contribution >= 0.6 is 11.6 Å². The number of halogens is 1. The van der Waals surface area contributed by atoms with Gasteiger partial charge in [-0.2, -0.15) is 0 Å². The molecule has 1 aliphatic carbocycles. The minimum absolute atomic E-state index is 0.313. The Morgan fingerprint density at radius 2 is 1.83 bits per heavy atom. The summed E-state index contributed by atoms with van der Waals surface area (Å²) in [7, 11) is 1.81. The number of rotatable bonds is 6. The number of aliphatic imine (C=N–C) groups is 1. The number of fused-ring (bicyclic) bond motifs is 1. The van der Waals surface area contributed by atoms with E-state index in [2.05, 4.69) is 53.4 Å². The first-order valence-corrected chi connectivity index (χ1v) is 13.7. The van der Waals surface area contributed by atoms with Crippen LogP contribution in [0.2, 0.25) is 0 Å². The molecule has 2 N–H and O–H groups in total. The standard InChI is InChI=1S/C30H41ClN4O/c1-6-26(31)24(19-36)27(7-2)35-28-13-8-21(18-25(28)30(3,4)29(35)33-5)20-14-16-34(17-15-20)23-11-9-22(32)10-12-23/h6-8,13,18-20,22-23H,2,9-12,14-17,32H2,1,3-5H3/b26-6+,27-24+,33-29?. The lowest BCUT2D eigenvalue weighted by Crippen LogP contribution is -2.44. The van der Waals surface area contributed by atoms with Gasteiger partial charge in [0, 0.05) is 29.6 Å². The van der Waals surface area contributed by atoms with Gasteiger partial charge in [0.25, 0.3) is 0 Å². The number of aldehydes is 1. The van der Waals surface area contributed by atoms with Crippen molar-refractivity contribution in [1.29, 1.82) is 0 Å². The van der Waals surface area contributed by atoms with Crippen molar-refractivity contribution in [3.63, 3.8) is 0 Å². The normalized spacial score (nSPS) is 27.1. The minimum atomic E-state index is -0.313. The number of likely N-dealkylation sites (tertiary alicyclic amines) is 1. The average molecular weight is 509 g/mol. The number of nitrogens with zero attached hydrogens (tertiary/aromatic N) is 3. The molecule has 0 radical (unpaired) electrons. The lowest BCUT2D eigenvalue weighted by Gasteiger charge is -2.40. The minimum Gasteiger partial charge on any atom is -0.328 e. The Kier molecular flexibility index (Phi) is 8.23. The van der Waals surface area contributed by atoms with Gasteiger partial charge in [0.15, 0.2) is 6.29 Å². The molecule has 1 saturated heterocycles. The number of carbonyl (C=O) groups excluding carboxylic acids is 1. The van der Waals surface area contributed by atoms with Gasteiger partial charge in [-0.15, -0.1) is 0 Å². The molecule has 2 aliphatic heterocycles. The highest BCUT2D eigenvalue weighted by atomic mass is 35.5. The van der Waals surface area contributed by atoms with Crippen LogP contribution < -0.4 is 10.6 Å². The van der Waals surface area contributed by atoms with E-state index in [-0.39, 0.29) is 5.41 Å². The van der Waals surface area contributed by atoms with Gasteiger partial charge in [-0.25, -0.2) is 0 Å². The fourth-order valence-corrected chi connectivity index (χ4v) is 6.56. The SMILES string of the molecule is C=C/C(=C(C=O)\C(Cl)=C/C)N1C(=NC)C(C)(C)c2cc(C3CCN(C4CCC(N)CC4)CC3)ccc21. The van der Waals surface area contributed by atoms with Gasteiger partial charge in [0.2, 0.25) is 0 Å². The number of allylic oxidation sites excluding steroid dienone is 4. The summed E-state index contributed by atoms with van der Waals surface area (Å²) < 4.78 is 0. The number of piperidine rings is 1. The highest BCUT2D eigenvalue weighted by Gasteiger charge is 2.43. The maximum atomic E-state index is 12.0. The fourth-order valence-electron chi connectivity index (χ4n) is 6.42. The quantitative estimate of drug-likeness (QED) is 0.289. The van der Waals surface area contributed by atoms with Gasteiger partial charge in [-0.1, -0.05) is 36.4 Å². The number of amidine groups is 1. The molecule has 0 aromatic heterocycles. The topological polar surface area (TPSA) is 61.9 Å². The molecule has 1 aromatic carbocycles. The third kappa shape index (κ3) is 4.85. The smallest absolute Gasteiger partial charge is 0.153 e. The van der Waals surface area contributed by atoms with Crippen molar-refractivity contribution < 1.29 is 4.79 Å². The second-order valence-corrected chi connectivity index (χ2v) is 11.3. The molecule has 0 unspecified atom stereocenters. The molecule has 3 aliphatic rings. The molecule has 4 rings (SSSR count). The van der Waals surface area contributed by atoms with E-state index in [1.807, 2.05) is 14.0 Å². The predicted molar refractivity (Wildman–Crippen MR) is 152 cm³/mol. The van der Waals surface area contributed by atoms with Crippen molar-refractivity contribution in [2.75, 3.05) is 25.0 Å². The monoisotopic (exact) mass is 508 g/mol. The Bertz CT molecular complexity index is 1090. The van der Waals surface area contributed by atoms with Crippen molar-refractivity contribution in [3.05, 3.63) is 64.4 Å². The number of anilines is 1. The molecule has 36 heavy (non-hydrogen) atoms. The van der Waals surface area contributed by atoms with Gasteiger partial charge in [-0.3, -0.25) is 14.7 Å². The van der Waals surface area contributed by atoms with Crippen LogP contribution in [0, 0.1) is 0 Å². The summed E-state index contributed by atoms with van der Waals surface area (Å²) in [5.74, 6) is 1.44. The van der Waals surface area contributed by atoms with Crippen molar-refractivity contribution in [3.8, 4) is 0 Å². The predicted octanol–water partition coefficient (Wildman–Crippen LogP) is 6.04. The van der Waals surface area contributed by atoms with Crippen LogP contribution in [0.1, 0.15) is 76.3 Å². The molecule has 0 bridgehead atoms. The van der Waals surface area contributed by atoms with E-state index in [9.17, 15) is 4.79 Å². The molecule has 1 aromatic rings. The van der Waals surface area contributed by atoms with Gasteiger partial charge in [0.05, 0.1) is 17.0 Å². The van der Waals surface area contributed by atoms with E-state index in [1.165, 1.54) is 36.8 Å². The third-order valence-electron chi connectivity index (χ3n) is 8.51. The first kappa shape index (κ1) is 26.8. The van der Waals surface area contributed by atoms with E-state index in [0.29, 0.717) is 34.3 Å². The number of benzene rings is 1. The summed E-state index contributed by atoms with van der Waals surface area (Å²) in [4.78, 5) is 21.5. The zero-order chi connectivity index (χ0) is 26.0. The first-order chi connectivity index (χ1) is 17.3. The molecule has 0 spiro atoms. The van der Waals surface area contributed by atoms with Crippen LogP contribution in [-0.2, 0) is 10.2 Å². The van der Waals surface area contributed by atoms with Crippen LogP contribution in [-0.4, -0.2) is 49.2 Å². The van der Waals surface area contributed by atoms with Crippen LogP contribution in [0.25, 0.3) is 0 Å². The summed E-state index contributed by atoms with van der Waals surface area (Å²) in [6.07, 6.45) is 11.4. The van der Waals surface area contributed by atoms with Crippen LogP contribution in [0.4, 0.5) is 5.69 Å². The molecular weight excluding hydrogens is 468 g/mol. The number of carbonyl (C=O) groups is 1. The molecule has 1 saturated carbocycles. The van der Waals surface area contributed by atoms with Gasteiger partial charge >= 0.3 is 0 Å². The Morgan fingerprint density at radius 1 is 1.17 bits per heavy atom.